The lowest BCUT2D eigenvalue weighted by Gasteiger charge is -2.26. The molecule has 0 amide bonds. The number of carbonyl (C=O) groups is 3. The molecule has 15 nitrogen and oxygen atoms in total. The van der Waals surface area contributed by atoms with Gasteiger partial charge in [0.1, 0.15) is 35.8 Å². The fourth-order valence-electron chi connectivity index (χ4n) is 4.53. The molecule has 3 aromatic rings. The fourth-order valence-corrected chi connectivity index (χ4v) is 6.03. The second-order valence-electron chi connectivity index (χ2n) is 10.1. The Labute approximate surface area is 260 Å². The minimum atomic E-state index is -4.30. The van der Waals surface area contributed by atoms with Crippen molar-refractivity contribution < 1.29 is 46.9 Å². The van der Waals surface area contributed by atoms with Gasteiger partial charge in [-0.2, -0.15) is 10.2 Å². The van der Waals surface area contributed by atoms with Crippen LogP contribution in [0.15, 0.2) is 48.8 Å². The lowest BCUT2D eigenvalue weighted by Crippen LogP contribution is -2.41. The van der Waals surface area contributed by atoms with Gasteiger partial charge in [0.05, 0.1) is 18.9 Å². The number of benzene rings is 1. The van der Waals surface area contributed by atoms with Crippen LogP contribution in [0.3, 0.4) is 0 Å². The summed E-state index contributed by atoms with van der Waals surface area (Å²) in [4.78, 5) is 41.6. The van der Waals surface area contributed by atoms with Gasteiger partial charge < -0.3 is 29.2 Å². The summed E-state index contributed by atoms with van der Waals surface area (Å²) in [5, 5.41) is 6.87. The first-order valence-electron chi connectivity index (χ1n) is 14.6. The molecule has 1 aliphatic heterocycles. The molecule has 45 heavy (non-hydrogen) atoms. The number of para-hydroxylation sites is 1. The molecule has 3 heterocycles. The molecule has 4 rings (SSSR count). The number of carbonyl (C=O) groups excluding carboxylic acids is 3. The quantitative estimate of drug-likeness (QED) is 0.138. The smallest absolute Gasteiger partial charge is 0.459 e. The number of nitrogens with two attached hydrogens (primary N) is 1. The van der Waals surface area contributed by atoms with E-state index >= 15 is 0 Å². The van der Waals surface area contributed by atoms with Crippen LogP contribution in [0.2, 0.25) is 0 Å². The largest absolute Gasteiger partial charge is 0.465 e. The van der Waals surface area contributed by atoms with Crippen LogP contribution < -0.4 is 15.3 Å². The number of fused-ring (bicyclic) bond motifs is 1. The first-order chi connectivity index (χ1) is 21.6. The van der Waals surface area contributed by atoms with Crippen molar-refractivity contribution in [2.75, 3.05) is 18.9 Å². The molecular weight excluding hydrogens is 609 g/mol. The summed E-state index contributed by atoms with van der Waals surface area (Å²) < 4.78 is 50.1. The van der Waals surface area contributed by atoms with Gasteiger partial charge in [0.25, 0.3) is 0 Å². The summed E-state index contributed by atoms with van der Waals surface area (Å²) >= 11 is 0. The van der Waals surface area contributed by atoms with E-state index in [9.17, 15) is 18.9 Å². The van der Waals surface area contributed by atoms with Gasteiger partial charge in [-0.25, -0.2) is 14.1 Å². The molecule has 16 heteroatoms. The topological polar surface area (TPSA) is 192 Å². The van der Waals surface area contributed by atoms with E-state index in [1.54, 1.807) is 56.3 Å². The molecule has 1 saturated heterocycles. The van der Waals surface area contributed by atoms with Crippen molar-refractivity contribution in [2.24, 2.45) is 0 Å². The lowest BCUT2D eigenvalue weighted by atomic mass is 10.1. The Balaban J connectivity index is 1.66. The summed E-state index contributed by atoms with van der Waals surface area (Å²) in [6.07, 6.45) is -2.51. The number of anilines is 1. The predicted octanol–water partition coefficient (Wildman–Crippen LogP) is 3.53. The van der Waals surface area contributed by atoms with Crippen molar-refractivity contribution in [3.63, 3.8) is 0 Å². The van der Waals surface area contributed by atoms with E-state index in [0.29, 0.717) is 17.6 Å². The maximum Gasteiger partial charge on any atom is 0.459 e. The van der Waals surface area contributed by atoms with E-state index in [1.165, 1.54) is 17.8 Å². The second kappa shape index (κ2) is 15.3. The number of nitrogens with zero attached hydrogens (tertiary/aromatic N) is 3. The van der Waals surface area contributed by atoms with Gasteiger partial charge in [0, 0.05) is 12.8 Å². The highest BCUT2D eigenvalue weighted by Gasteiger charge is 2.52. The number of hydrogen-bond acceptors (Lipinski definition) is 13. The van der Waals surface area contributed by atoms with Gasteiger partial charge in [-0.05, 0) is 37.6 Å². The number of rotatable bonds is 15. The molecule has 0 spiro atoms. The third-order valence-electron chi connectivity index (χ3n) is 6.76. The highest BCUT2D eigenvalue weighted by molar-refractivity contribution is 7.52. The highest BCUT2D eigenvalue weighted by atomic mass is 31.2. The van der Waals surface area contributed by atoms with E-state index in [0.717, 1.165) is 0 Å². The van der Waals surface area contributed by atoms with Crippen LogP contribution >= 0.6 is 7.75 Å². The molecule has 1 fully saturated rings. The summed E-state index contributed by atoms with van der Waals surface area (Å²) in [7, 11) is -4.30. The number of hydrogen-bond donors (Lipinski definition) is 2. The summed E-state index contributed by atoms with van der Waals surface area (Å²) in [5.41, 5.74) is 6.93. The van der Waals surface area contributed by atoms with E-state index in [1.807, 2.05) is 6.92 Å². The van der Waals surface area contributed by atoms with Crippen LogP contribution in [0.25, 0.3) is 5.52 Å². The van der Waals surface area contributed by atoms with Crippen molar-refractivity contribution >= 4 is 37.0 Å². The molecule has 0 saturated carbocycles. The monoisotopic (exact) mass is 647 g/mol. The highest BCUT2D eigenvalue weighted by Crippen LogP contribution is 2.47. The Morgan fingerprint density at radius 3 is 2.40 bits per heavy atom. The van der Waals surface area contributed by atoms with Crippen molar-refractivity contribution in [3.05, 3.63) is 54.5 Å². The van der Waals surface area contributed by atoms with Gasteiger partial charge in [-0.3, -0.25) is 18.9 Å². The van der Waals surface area contributed by atoms with Crippen LogP contribution in [0.1, 0.15) is 58.8 Å². The Kier molecular flexibility index (Phi) is 11.5. The molecule has 1 aromatic carbocycles. The van der Waals surface area contributed by atoms with Crippen molar-refractivity contribution in [3.8, 4) is 5.75 Å². The second-order valence-corrected chi connectivity index (χ2v) is 11.8. The maximum absolute atomic E-state index is 14.1. The molecule has 6 atom stereocenters. The Morgan fingerprint density at radius 1 is 1.04 bits per heavy atom. The third kappa shape index (κ3) is 8.37. The average Bonchev–Trinajstić information content (AvgIpc) is 3.61. The molecule has 1 aliphatic rings. The van der Waals surface area contributed by atoms with E-state index in [-0.39, 0.29) is 31.0 Å². The van der Waals surface area contributed by atoms with E-state index in [4.69, 9.17) is 33.7 Å². The lowest BCUT2D eigenvalue weighted by molar-refractivity contribution is -0.167. The number of esters is 3. The normalized spacial score (nSPS) is 21.5. The first-order valence-corrected chi connectivity index (χ1v) is 16.2. The number of aromatic nitrogens is 3. The van der Waals surface area contributed by atoms with Crippen LogP contribution in [0.4, 0.5) is 5.82 Å². The molecule has 0 aliphatic carbocycles. The molecule has 0 radical (unpaired) electrons. The Bertz CT molecular complexity index is 1520. The molecule has 0 unspecified atom stereocenters. The minimum absolute atomic E-state index is 0.0234. The van der Waals surface area contributed by atoms with Gasteiger partial charge in [0.15, 0.2) is 18.0 Å². The first kappa shape index (κ1) is 33.8. The number of ether oxygens (including phenoxy) is 4. The zero-order valence-electron chi connectivity index (χ0n) is 25.5. The number of nitrogen functional groups attached to an aromatic ring is 1. The molecule has 2 aromatic heterocycles. The van der Waals surface area contributed by atoms with Crippen molar-refractivity contribution in [1.82, 2.24) is 19.7 Å². The average molecular weight is 648 g/mol. The van der Waals surface area contributed by atoms with Crippen LogP contribution in [0.5, 0.6) is 5.75 Å². The van der Waals surface area contributed by atoms with Crippen LogP contribution in [-0.2, 0) is 42.4 Å². The zero-order valence-corrected chi connectivity index (χ0v) is 26.4. The van der Waals surface area contributed by atoms with E-state index in [2.05, 4.69) is 15.2 Å². The molecule has 3 N–H and O–H groups in total. The third-order valence-corrected chi connectivity index (χ3v) is 8.40. The minimum Gasteiger partial charge on any atom is -0.465 e. The SMILES string of the molecule is CCCOC(=O)[C@H](C)N[P@@](=O)(OC[C@H]1O[C@@H](c2ccc3c(N)ncnn23)[C@H](OC(=O)CC)[C@@H]1OC(=O)CC)Oc1ccccc1. The van der Waals surface area contributed by atoms with Gasteiger partial charge in [0.2, 0.25) is 0 Å². The van der Waals surface area contributed by atoms with Crippen molar-refractivity contribution in [1.29, 1.82) is 0 Å². The molecule has 0 bridgehead atoms. The van der Waals surface area contributed by atoms with E-state index < -0.39 is 62.7 Å². The fraction of sp³-hybridized carbons (Fsp3) is 0.483. The summed E-state index contributed by atoms with van der Waals surface area (Å²) in [6.45, 7) is 6.25. The van der Waals surface area contributed by atoms with Crippen LogP contribution in [-0.4, -0.2) is 70.1 Å². The maximum atomic E-state index is 14.1. The molecule has 244 valence electrons. The zero-order chi connectivity index (χ0) is 32.6. The Morgan fingerprint density at radius 2 is 1.73 bits per heavy atom. The van der Waals surface area contributed by atoms with Gasteiger partial charge >= 0.3 is 25.7 Å². The van der Waals surface area contributed by atoms with Crippen molar-refractivity contribution in [2.45, 2.75) is 77.4 Å². The Hall–Kier alpha value is -4.04. The predicted molar refractivity (Wildman–Crippen MR) is 160 cm³/mol. The summed E-state index contributed by atoms with van der Waals surface area (Å²) in [6, 6.07) is 10.5. The standard InChI is InChI=1S/C29H38N5O10P/c1-5-15-39-29(37)18(4)33-45(38,44-19-11-9-8-10-12-19)40-16-22-26(42-23(35)6-2)27(43-24(36)7-3)25(41-22)20-13-14-21-28(30)31-17-32-34(20)21/h8-14,17-18,22,25-27H,5-7,15-16H2,1-4H3,(H,33,38)(H2,30,31,32)/t18-,22+,25-,26+,27-,45+/m0/s1. The number of nitrogens with one attached hydrogen (secondary N) is 1. The van der Waals surface area contributed by atoms with Crippen LogP contribution in [0, 0.1) is 0 Å². The molecular formula is C29H38N5O10P. The van der Waals surface area contributed by atoms with Gasteiger partial charge in [-0.15, -0.1) is 0 Å². The van der Waals surface area contributed by atoms with Gasteiger partial charge in [-0.1, -0.05) is 39.0 Å². The summed E-state index contributed by atoms with van der Waals surface area (Å²) in [5.74, 6) is -1.40.